The van der Waals surface area contributed by atoms with Crippen molar-refractivity contribution in [2.45, 2.75) is 33.3 Å². The number of hydrogen-bond donors (Lipinski definition) is 3. The Morgan fingerprint density at radius 3 is 2.35 bits per heavy atom. The molecule has 0 aliphatic rings. The molecule has 1 aromatic carbocycles. The number of nitrogens with one attached hydrogen (secondary N) is 2. The maximum absolute atomic E-state index is 10.6. The molecule has 0 radical (unpaired) electrons. The lowest BCUT2D eigenvalue weighted by atomic mass is 9.96. The minimum Gasteiger partial charge on any atom is -0.384 e. The summed E-state index contributed by atoms with van der Waals surface area (Å²) in [7, 11) is 0. The van der Waals surface area contributed by atoms with Crippen molar-refractivity contribution in [3.8, 4) is 0 Å². The predicted molar refractivity (Wildman–Crippen MR) is 97.8 cm³/mol. The van der Waals surface area contributed by atoms with Crippen molar-refractivity contribution < 1.29 is 5.11 Å². The third-order valence-corrected chi connectivity index (χ3v) is 3.90. The summed E-state index contributed by atoms with van der Waals surface area (Å²) in [4.78, 5) is 6.89. The summed E-state index contributed by atoms with van der Waals surface area (Å²) in [6, 6.07) is 9.66. The molecule has 1 aromatic rings. The lowest BCUT2D eigenvalue weighted by molar-refractivity contribution is 0.0672. The molecule has 0 saturated carbocycles. The summed E-state index contributed by atoms with van der Waals surface area (Å²) < 4.78 is 0. The highest BCUT2D eigenvalue weighted by atomic mass is 16.3. The van der Waals surface area contributed by atoms with Gasteiger partial charge >= 0.3 is 0 Å². The molecular weight excluding hydrogens is 288 g/mol. The monoisotopic (exact) mass is 320 g/mol. The molecule has 23 heavy (non-hydrogen) atoms. The smallest absolute Gasteiger partial charge is 0.191 e. The zero-order chi connectivity index (χ0) is 17.1. The van der Waals surface area contributed by atoms with Gasteiger partial charge in [-0.2, -0.15) is 0 Å². The topological polar surface area (TPSA) is 59.9 Å². The average Bonchev–Trinajstić information content (AvgIpc) is 2.57. The first-order valence-electron chi connectivity index (χ1n) is 8.55. The number of aliphatic imine (C=N–C) groups is 1. The Bertz CT molecular complexity index is 455. The fourth-order valence-corrected chi connectivity index (χ4v) is 2.34. The van der Waals surface area contributed by atoms with Gasteiger partial charge in [-0.25, -0.2) is 4.99 Å². The minimum absolute atomic E-state index is 0.317. The highest BCUT2D eigenvalue weighted by Gasteiger charge is 2.22. The van der Waals surface area contributed by atoms with E-state index in [2.05, 4.69) is 34.4 Å². The van der Waals surface area contributed by atoms with Gasteiger partial charge < -0.3 is 20.6 Å². The van der Waals surface area contributed by atoms with Gasteiger partial charge in [-0.15, -0.1) is 0 Å². The number of guanidine groups is 1. The molecule has 5 nitrogen and oxygen atoms in total. The number of likely N-dealkylation sites (N-methyl/N-ethyl adjacent to an activating group) is 1. The average molecular weight is 320 g/mol. The van der Waals surface area contributed by atoms with Crippen LogP contribution in [0.4, 0.5) is 0 Å². The van der Waals surface area contributed by atoms with E-state index in [4.69, 9.17) is 0 Å². The molecule has 0 aliphatic heterocycles. The zero-order valence-corrected chi connectivity index (χ0v) is 15.0. The van der Waals surface area contributed by atoms with Crippen LogP contribution in [0.15, 0.2) is 35.3 Å². The number of rotatable bonds is 9. The van der Waals surface area contributed by atoms with Crippen LogP contribution >= 0.6 is 0 Å². The Labute approximate surface area is 140 Å². The van der Waals surface area contributed by atoms with Gasteiger partial charge in [-0.1, -0.05) is 44.2 Å². The molecule has 0 saturated heterocycles. The molecule has 3 N–H and O–H groups in total. The lowest BCUT2D eigenvalue weighted by Gasteiger charge is -2.23. The second-order valence-electron chi connectivity index (χ2n) is 5.79. The summed E-state index contributed by atoms with van der Waals surface area (Å²) in [5.41, 5.74) is -0.0922. The van der Waals surface area contributed by atoms with E-state index in [-0.39, 0.29) is 0 Å². The molecule has 0 spiro atoms. The number of nitrogens with zero attached hydrogens (tertiary/aromatic N) is 2. The Kier molecular flexibility index (Phi) is 8.66. The van der Waals surface area contributed by atoms with Crippen LogP contribution in [-0.2, 0) is 5.60 Å². The van der Waals surface area contributed by atoms with Gasteiger partial charge in [0.15, 0.2) is 5.96 Å². The van der Waals surface area contributed by atoms with Crippen molar-refractivity contribution in [2.24, 2.45) is 4.99 Å². The second kappa shape index (κ2) is 10.2. The van der Waals surface area contributed by atoms with E-state index in [0.29, 0.717) is 6.54 Å². The van der Waals surface area contributed by atoms with Crippen LogP contribution in [0.5, 0.6) is 0 Å². The second-order valence-corrected chi connectivity index (χ2v) is 5.79. The first-order valence-corrected chi connectivity index (χ1v) is 8.55. The van der Waals surface area contributed by atoms with Gasteiger partial charge in [0.2, 0.25) is 0 Å². The third kappa shape index (κ3) is 7.01. The van der Waals surface area contributed by atoms with Crippen molar-refractivity contribution in [1.29, 1.82) is 0 Å². The molecule has 0 aliphatic carbocycles. The molecule has 0 fully saturated rings. The Morgan fingerprint density at radius 2 is 1.78 bits per heavy atom. The molecule has 0 bridgehead atoms. The number of benzene rings is 1. The van der Waals surface area contributed by atoms with E-state index in [0.717, 1.165) is 44.2 Å². The number of aliphatic hydroxyl groups is 1. The molecular formula is C18H32N4O. The molecule has 130 valence electrons. The third-order valence-electron chi connectivity index (χ3n) is 3.90. The first kappa shape index (κ1) is 19.5. The van der Waals surface area contributed by atoms with E-state index in [9.17, 15) is 5.11 Å². The molecule has 1 unspecified atom stereocenters. The van der Waals surface area contributed by atoms with E-state index in [1.807, 2.05) is 37.3 Å². The normalized spacial score (nSPS) is 14.6. The standard InChI is InChI=1S/C18H32N4O/c1-5-19-17(20-13-14-22(6-2)7-3)21-15-18(4,23)16-11-9-8-10-12-16/h8-12,23H,5-7,13-15H2,1-4H3,(H2,19,20,21). The molecule has 0 amide bonds. The molecule has 5 heteroatoms. The van der Waals surface area contributed by atoms with Gasteiger partial charge in [0, 0.05) is 19.6 Å². The molecule has 1 atom stereocenters. The van der Waals surface area contributed by atoms with E-state index >= 15 is 0 Å². The summed E-state index contributed by atoms with van der Waals surface area (Å²) in [6.07, 6.45) is 0. The van der Waals surface area contributed by atoms with Gasteiger partial charge in [0.1, 0.15) is 5.60 Å². The Balaban J connectivity index is 2.60. The molecule has 1 rings (SSSR count). The summed E-state index contributed by atoms with van der Waals surface area (Å²) >= 11 is 0. The Hall–Kier alpha value is -1.59. The van der Waals surface area contributed by atoms with Gasteiger partial charge in [-0.05, 0) is 32.5 Å². The number of hydrogen-bond acceptors (Lipinski definition) is 3. The zero-order valence-electron chi connectivity index (χ0n) is 15.0. The highest BCUT2D eigenvalue weighted by molar-refractivity contribution is 5.79. The minimum atomic E-state index is -0.970. The van der Waals surface area contributed by atoms with Crippen molar-refractivity contribution in [3.63, 3.8) is 0 Å². The van der Waals surface area contributed by atoms with Crippen molar-refractivity contribution in [3.05, 3.63) is 35.9 Å². The fraction of sp³-hybridized carbons (Fsp3) is 0.611. The fourth-order valence-electron chi connectivity index (χ4n) is 2.34. The summed E-state index contributed by atoms with van der Waals surface area (Å²) in [5.74, 6) is 0.746. The van der Waals surface area contributed by atoms with Crippen LogP contribution in [0.2, 0.25) is 0 Å². The van der Waals surface area contributed by atoms with Crippen LogP contribution in [0, 0.1) is 0 Å². The van der Waals surface area contributed by atoms with E-state index < -0.39 is 5.60 Å². The van der Waals surface area contributed by atoms with Gasteiger partial charge in [0.05, 0.1) is 6.54 Å². The largest absolute Gasteiger partial charge is 0.384 e. The van der Waals surface area contributed by atoms with Crippen molar-refractivity contribution in [2.75, 3.05) is 39.3 Å². The van der Waals surface area contributed by atoms with Crippen LogP contribution < -0.4 is 10.6 Å². The van der Waals surface area contributed by atoms with E-state index in [1.54, 1.807) is 6.92 Å². The van der Waals surface area contributed by atoms with Crippen LogP contribution in [0.1, 0.15) is 33.3 Å². The SMILES string of the molecule is CCNC(=NCC(C)(O)c1ccccc1)NCCN(CC)CC. The molecule has 0 aromatic heterocycles. The van der Waals surface area contributed by atoms with E-state index in [1.165, 1.54) is 0 Å². The maximum atomic E-state index is 10.6. The quantitative estimate of drug-likeness (QED) is 0.480. The van der Waals surface area contributed by atoms with Crippen molar-refractivity contribution >= 4 is 5.96 Å². The van der Waals surface area contributed by atoms with Crippen LogP contribution in [-0.4, -0.2) is 55.2 Å². The summed E-state index contributed by atoms with van der Waals surface area (Å²) in [6.45, 7) is 13.2. The predicted octanol–water partition coefficient (Wildman–Crippen LogP) is 1.79. The van der Waals surface area contributed by atoms with Gasteiger partial charge in [-0.3, -0.25) is 0 Å². The van der Waals surface area contributed by atoms with Crippen LogP contribution in [0.3, 0.4) is 0 Å². The van der Waals surface area contributed by atoms with Gasteiger partial charge in [0.25, 0.3) is 0 Å². The summed E-state index contributed by atoms with van der Waals surface area (Å²) in [5, 5.41) is 17.2. The van der Waals surface area contributed by atoms with Crippen LogP contribution in [0.25, 0.3) is 0 Å². The lowest BCUT2D eigenvalue weighted by Crippen LogP contribution is -2.42. The highest BCUT2D eigenvalue weighted by Crippen LogP contribution is 2.20. The van der Waals surface area contributed by atoms with Crippen molar-refractivity contribution in [1.82, 2.24) is 15.5 Å². The Morgan fingerprint density at radius 1 is 1.13 bits per heavy atom. The maximum Gasteiger partial charge on any atom is 0.191 e. The first-order chi connectivity index (χ1) is 11.0. The molecule has 0 heterocycles.